The van der Waals surface area contributed by atoms with E-state index in [2.05, 4.69) is 22.9 Å². The maximum atomic E-state index is 12.5. The monoisotopic (exact) mass is 398 g/mol. The number of esters is 1. The van der Waals surface area contributed by atoms with Gasteiger partial charge in [0.05, 0.1) is 39.2 Å². The lowest BCUT2D eigenvalue weighted by Crippen LogP contribution is -2.47. The van der Waals surface area contributed by atoms with Crippen LogP contribution in [0.3, 0.4) is 0 Å². The number of carbonyl (C=O) groups is 1. The fourth-order valence-corrected chi connectivity index (χ4v) is 5.28. The van der Waals surface area contributed by atoms with E-state index in [9.17, 15) is 4.79 Å². The van der Waals surface area contributed by atoms with Crippen molar-refractivity contribution in [1.29, 1.82) is 0 Å². The van der Waals surface area contributed by atoms with Gasteiger partial charge in [-0.15, -0.1) is 0 Å². The van der Waals surface area contributed by atoms with Gasteiger partial charge in [0.15, 0.2) is 0 Å². The molecule has 1 saturated heterocycles. The Morgan fingerprint density at radius 1 is 1.31 bits per heavy atom. The van der Waals surface area contributed by atoms with Gasteiger partial charge in [0.25, 0.3) is 0 Å². The number of hydrogen-bond donors (Lipinski definition) is 1. The highest BCUT2D eigenvalue weighted by Crippen LogP contribution is 2.47. The van der Waals surface area contributed by atoms with Gasteiger partial charge in [-0.2, -0.15) is 0 Å². The third kappa shape index (κ3) is 3.29. The summed E-state index contributed by atoms with van der Waals surface area (Å²) in [4.78, 5) is 18.7. The van der Waals surface area contributed by atoms with Crippen LogP contribution < -0.4 is 4.74 Å². The summed E-state index contributed by atoms with van der Waals surface area (Å²) in [5, 5.41) is 1.19. The molecule has 0 amide bonds. The van der Waals surface area contributed by atoms with Crippen molar-refractivity contribution in [2.45, 2.75) is 32.2 Å². The molecule has 1 fully saturated rings. The zero-order chi connectivity index (χ0) is 20.5. The minimum absolute atomic E-state index is 0.105. The summed E-state index contributed by atoms with van der Waals surface area (Å²) < 4.78 is 16.0. The van der Waals surface area contributed by atoms with Gasteiger partial charge in [0.1, 0.15) is 5.75 Å². The number of fused-ring (bicyclic) bond motifs is 5. The molecule has 2 aromatic rings. The van der Waals surface area contributed by atoms with Crippen molar-refractivity contribution in [3.8, 4) is 5.75 Å². The van der Waals surface area contributed by atoms with Crippen LogP contribution in [-0.2, 0) is 20.7 Å². The van der Waals surface area contributed by atoms with Gasteiger partial charge in [0, 0.05) is 29.7 Å². The van der Waals surface area contributed by atoms with Gasteiger partial charge in [-0.25, -0.2) is 4.79 Å². The standard InChI is InChI=1S/C23H30N2O4/c1-5-14-12-25-10-9-15-21-18(7-6-8-20(21)28-3)24-22(15)19(25)11-16(14)17(13-27-2)23(26)29-4/h6-8,13-14,16,19,24H,5,9-12H2,1-4H3/t14-,16+,19?/m1/s1. The van der Waals surface area contributed by atoms with E-state index in [0.717, 1.165) is 43.6 Å². The zero-order valence-electron chi connectivity index (χ0n) is 17.7. The predicted octanol–water partition coefficient (Wildman–Crippen LogP) is 3.83. The maximum absolute atomic E-state index is 12.5. The summed E-state index contributed by atoms with van der Waals surface area (Å²) in [5.74, 6) is 1.12. The molecular formula is C23H30N2O4. The largest absolute Gasteiger partial charge is 0.504 e. The molecule has 6 nitrogen and oxygen atoms in total. The second-order valence-corrected chi connectivity index (χ2v) is 7.97. The van der Waals surface area contributed by atoms with Crippen molar-refractivity contribution in [2.75, 3.05) is 34.4 Å². The molecule has 1 aromatic carbocycles. The topological polar surface area (TPSA) is 63.8 Å². The number of carbonyl (C=O) groups excluding carboxylic acids is 1. The van der Waals surface area contributed by atoms with Gasteiger partial charge < -0.3 is 19.2 Å². The number of aromatic amines is 1. The van der Waals surface area contributed by atoms with Crippen LogP contribution in [-0.4, -0.2) is 50.3 Å². The molecule has 0 aliphatic carbocycles. The number of hydrogen-bond acceptors (Lipinski definition) is 5. The number of benzene rings is 1. The second-order valence-electron chi connectivity index (χ2n) is 7.97. The van der Waals surface area contributed by atoms with Crippen LogP contribution in [0.2, 0.25) is 0 Å². The molecule has 2 aliphatic heterocycles. The normalized spacial score (nSPS) is 24.7. The Kier molecular flexibility index (Phi) is 5.54. The van der Waals surface area contributed by atoms with Crippen LogP contribution in [0.1, 0.15) is 37.1 Å². The minimum atomic E-state index is -0.293. The number of nitrogens with zero attached hydrogens (tertiary/aromatic N) is 1. The Bertz CT molecular complexity index is 932. The van der Waals surface area contributed by atoms with E-state index in [0.29, 0.717) is 11.5 Å². The number of nitrogens with one attached hydrogen (secondary N) is 1. The fourth-order valence-electron chi connectivity index (χ4n) is 5.28. The molecule has 1 aromatic heterocycles. The first-order valence-corrected chi connectivity index (χ1v) is 10.4. The van der Waals surface area contributed by atoms with Crippen molar-refractivity contribution < 1.29 is 19.0 Å². The van der Waals surface area contributed by atoms with Crippen molar-refractivity contribution in [2.24, 2.45) is 11.8 Å². The summed E-state index contributed by atoms with van der Waals surface area (Å²) in [6.45, 7) is 4.19. The summed E-state index contributed by atoms with van der Waals surface area (Å²) in [5.41, 5.74) is 4.37. The molecule has 0 bridgehead atoms. The molecular weight excluding hydrogens is 368 g/mol. The van der Waals surface area contributed by atoms with Crippen LogP contribution in [0.15, 0.2) is 30.0 Å². The van der Waals surface area contributed by atoms with E-state index >= 15 is 0 Å². The average molecular weight is 399 g/mol. The molecule has 2 aliphatic rings. The van der Waals surface area contributed by atoms with Gasteiger partial charge in [-0.05, 0) is 42.4 Å². The van der Waals surface area contributed by atoms with E-state index in [-0.39, 0.29) is 17.9 Å². The lowest BCUT2D eigenvalue weighted by atomic mass is 9.74. The quantitative estimate of drug-likeness (QED) is 0.471. The molecule has 0 radical (unpaired) electrons. The highest BCUT2D eigenvalue weighted by molar-refractivity contribution is 5.91. The average Bonchev–Trinajstić information content (AvgIpc) is 3.15. The first-order valence-electron chi connectivity index (χ1n) is 10.4. The third-order valence-corrected chi connectivity index (χ3v) is 6.67. The van der Waals surface area contributed by atoms with Crippen molar-refractivity contribution in [3.05, 3.63) is 41.3 Å². The Balaban J connectivity index is 1.76. The molecule has 1 N–H and O–H groups in total. The van der Waals surface area contributed by atoms with Crippen LogP contribution in [0.4, 0.5) is 0 Å². The second kappa shape index (κ2) is 8.11. The summed E-state index contributed by atoms with van der Waals surface area (Å²) in [6, 6.07) is 6.40. The molecule has 4 rings (SSSR count). The van der Waals surface area contributed by atoms with Gasteiger partial charge >= 0.3 is 5.97 Å². The van der Waals surface area contributed by atoms with Crippen LogP contribution in [0.25, 0.3) is 10.9 Å². The molecule has 0 saturated carbocycles. The lowest BCUT2D eigenvalue weighted by Gasteiger charge is -2.46. The highest BCUT2D eigenvalue weighted by Gasteiger charge is 2.42. The van der Waals surface area contributed by atoms with Gasteiger partial charge in [0.2, 0.25) is 0 Å². The van der Waals surface area contributed by atoms with E-state index in [1.807, 2.05) is 12.1 Å². The number of methoxy groups -OCH3 is 3. The Hall–Kier alpha value is -2.47. The molecule has 156 valence electrons. The summed E-state index contributed by atoms with van der Waals surface area (Å²) >= 11 is 0. The first-order chi connectivity index (χ1) is 14.1. The van der Waals surface area contributed by atoms with Crippen LogP contribution >= 0.6 is 0 Å². The van der Waals surface area contributed by atoms with E-state index in [4.69, 9.17) is 14.2 Å². The molecule has 6 heteroatoms. The first kappa shape index (κ1) is 19.8. The molecule has 29 heavy (non-hydrogen) atoms. The number of rotatable bonds is 5. The van der Waals surface area contributed by atoms with E-state index < -0.39 is 0 Å². The Morgan fingerprint density at radius 3 is 2.83 bits per heavy atom. The van der Waals surface area contributed by atoms with E-state index in [1.165, 1.54) is 23.8 Å². The van der Waals surface area contributed by atoms with Crippen molar-refractivity contribution in [1.82, 2.24) is 9.88 Å². The number of piperidine rings is 1. The Labute approximate surface area is 171 Å². The maximum Gasteiger partial charge on any atom is 0.337 e. The highest BCUT2D eigenvalue weighted by atomic mass is 16.5. The number of aromatic nitrogens is 1. The van der Waals surface area contributed by atoms with E-state index in [1.54, 1.807) is 20.5 Å². The van der Waals surface area contributed by atoms with Gasteiger partial charge in [-0.3, -0.25) is 4.90 Å². The van der Waals surface area contributed by atoms with Crippen LogP contribution in [0.5, 0.6) is 5.75 Å². The smallest absolute Gasteiger partial charge is 0.337 e. The Morgan fingerprint density at radius 2 is 2.14 bits per heavy atom. The third-order valence-electron chi connectivity index (χ3n) is 6.67. The number of ether oxygens (including phenoxy) is 3. The van der Waals surface area contributed by atoms with Crippen molar-refractivity contribution >= 4 is 16.9 Å². The van der Waals surface area contributed by atoms with Gasteiger partial charge in [-0.1, -0.05) is 19.4 Å². The SMILES string of the molecule is CC[C@@H]1CN2CCc3c([nH]c4cccc(OC)c34)C2C[C@@H]1C(=COC)C(=O)OC. The molecule has 3 heterocycles. The lowest BCUT2D eigenvalue weighted by molar-refractivity contribution is -0.137. The minimum Gasteiger partial charge on any atom is -0.504 e. The summed E-state index contributed by atoms with van der Waals surface area (Å²) in [6.07, 6.45) is 4.46. The number of H-pyrrole nitrogens is 1. The molecule has 0 spiro atoms. The molecule has 3 atom stereocenters. The fraction of sp³-hybridized carbons (Fsp3) is 0.522. The summed E-state index contributed by atoms with van der Waals surface area (Å²) in [7, 11) is 4.75. The molecule has 1 unspecified atom stereocenters. The van der Waals surface area contributed by atoms with Crippen LogP contribution in [0, 0.1) is 11.8 Å². The van der Waals surface area contributed by atoms with Crippen molar-refractivity contribution in [3.63, 3.8) is 0 Å². The zero-order valence-corrected chi connectivity index (χ0v) is 17.7. The predicted molar refractivity (Wildman–Crippen MR) is 112 cm³/mol.